The largest absolute Gasteiger partial charge is 0.409 e. The van der Waals surface area contributed by atoms with Gasteiger partial charge in [0.15, 0.2) is 5.84 Å². The molecule has 0 aromatic heterocycles. The third kappa shape index (κ3) is 3.22. The van der Waals surface area contributed by atoms with Crippen LogP contribution in [0.25, 0.3) is 0 Å². The van der Waals surface area contributed by atoms with Gasteiger partial charge in [-0.05, 0) is 19.9 Å². The first-order valence-electron chi connectivity index (χ1n) is 6.59. The molecule has 0 unspecified atom stereocenters. The average molecular weight is 294 g/mol. The molecule has 0 spiro atoms. The summed E-state index contributed by atoms with van der Waals surface area (Å²) in [6.07, 6.45) is 0.0631. The second kappa shape index (κ2) is 5.96. The fraction of sp³-hybridized carbons (Fsp3) is 0.462. The number of nitro benzene ring substituents is 1. The van der Waals surface area contributed by atoms with Crippen LogP contribution in [0.15, 0.2) is 23.4 Å². The topological polar surface area (TPSA) is 114 Å². The number of ether oxygens (including phenoxy) is 1. The summed E-state index contributed by atoms with van der Waals surface area (Å²) < 4.78 is 5.67. The zero-order valence-electron chi connectivity index (χ0n) is 11.9. The van der Waals surface area contributed by atoms with Gasteiger partial charge in [-0.1, -0.05) is 5.16 Å². The highest BCUT2D eigenvalue weighted by Gasteiger charge is 2.26. The molecule has 0 radical (unpaired) electrons. The number of amidine groups is 1. The Morgan fingerprint density at radius 2 is 2.10 bits per heavy atom. The maximum atomic E-state index is 10.9. The van der Waals surface area contributed by atoms with Crippen molar-refractivity contribution in [3.8, 4) is 0 Å². The highest BCUT2D eigenvalue weighted by molar-refractivity contribution is 6.02. The lowest BCUT2D eigenvalue weighted by Crippen LogP contribution is -2.46. The molecular formula is C13H18N4O4. The molecule has 0 amide bonds. The van der Waals surface area contributed by atoms with E-state index < -0.39 is 4.92 Å². The van der Waals surface area contributed by atoms with E-state index in [2.05, 4.69) is 5.16 Å². The van der Waals surface area contributed by atoms with E-state index >= 15 is 0 Å². The van der Waals surface area contributed by atoms with Gasteiger partial charge in [-0.2, -0.15) is 0 Å². The van der Waals surface area contributed by atoms with Crippen molar-refractivity contribution in [3.63, 3.8) is 0 Å². The van der Waals surface area contributed by atoms with Crippen molar-refractivity contribution >= 4 is 17.2 Å². The molecule has 1 aliphatic rings. The normalized spacial score (nSPS) is 23.1. The standard InChI is InChI=1S/C13H18N4O4/c1-8-6-16(7-9(2)21-8)12-4-3-10(17(19)20)5-11(12)13(14)15-18/h3-5,8-9,18H,6-7H2,1-2H3,(H2,14,15)/t8-,9+. The summed E-state index contributed by atoms with van der Waals surface area (Å²) >= 11 is 0. The molecule has 0 saturated carbocycles. The average Bonchev–Trinajstić information content (AvgIpc) is 2.44. The first-order chi connectivity index (χ1) is 9.92. The third-order valence-electron chi connectivity index (χ3n) is 3.33. The summed E-state index contributed by atoms with van der Waals surface area (Å²) in [5.41, 5.74) is 6.59. The first-order valence-corrected chi connectivity index (χ1v) is 6.59. The van der Waals surface area contributed by atoms with E-state index in [0.717, 1.165) is 0 Å². The SMILES string of the molecule is C[C@@H]1CN(c2ccc([N+](=O)[O-])cc2/C(N)=N/O)C[C@H](C)O1. The van der Waals surface area contributed by atoms with Crippen molar-refractivity contribution in [3.05, 3.63) is 33.9 Å². The van der Waals surface area contributed by atoms with Gasteiger partial charge in [-0.15, -0.1) is 0 Å². The van der Waals surface area contributed by atoms with Crippen LogP contribution in [0.2, 0.25) is 0 Å². The van der Waals surface area contributed by atoms with Crippen LogP contribution in [0.5, 0.6) is 0 Å². The fourth-order valence-corrected chi connectivity index (χ4v) is 2.55. The smallest absolute Gasteiger partial charge is 0.270 e. The molecule has 8 nitrogen and oxygen atoms in total. The van der Waals surface area contributed by atoms with E-state index in [-0.39, 0.29) is 23.7 Å². The van der Waals surface area contributed by atoms with Crippen molar-refractivity contribution in [2.45, 2.75) is 26.1 Å². The molecule has 21 heavy (non-hydrogen) atoms. The fourth-order valence-electron chi connectivity index (χ4n) is 2.55. The number of anilines is 1. The minimum absolute atomic E-state index is 0.0316. The van der Waals surface area contributed by atoms with Gasteiger partial charge in [0.25, 0.3) is 5.69 Å². The van der Waals surface area contributed by atoms with Gasteiger partial charge in [-0.25, -0.2) is 0 Å². The lowest BCUT2D eigenvalue weighted by Gasteiger charge is -2.37. The molecule has 1 aromatic carbocycles. The number of hydrogen-bond acceptors (Lipinski definition) is 6. The number of rotatable bonds is 3. The first kappa shape index (κ1) is 15.0. The Kier molecular flexibility index (Phi) is 4.27. The highest BCUT2D eigenvalue weighted by atomic mass is 16.6. The lowest BCUT2D eigenvalue weighted by atomic mass is 10.1. The van der Waals surface area contributed by atoms with Crippen LogP contribution in [0, 0.1) is 10.1 Å². The van der Waals surface area contributed by atoms with Gasteiger partial charge in [0, 0.05) is 30.9 Å². The minimum Gasteiger partial charge on any atom is -0.409 e. The quantitative estimate of drug-likeness (QED) is 0.285. The Morgan fingerprint density at radius 3 is 2.62 bits per heavy atom. The van der Waals surface area contributed by atoms with Crippen LogP contribution >= 0.6 is 0 Å². The van der Waals surface area contributed by atoms with E-state index in [4.69, 9.17) is 15.7 Å². The van der Waals surface area contributed by atoms with Crippen molar-refractivity contribution < 1.29 is 14.9 Å². The molecule has 3 N–H and O–H groups in total. The van der Waals surface area contributed by atoms with Crippen LogP contribution < -0.4 is 10.6 Å². The molecule has 1 aromatic rings. The van der Waals surface area contributed by atoms with Crippen LogP contribution in [-0.2, 0) is 4.74 Å². The molecule has 8 heteroatoms. The van der Waals surface area contributed by atoms with E-state index in [1.165, 1.54) is 12.1 Å². The molecule has 2 atom stereocenters. The monoisotopic (exact) mass is 294 g/mol. The predicted molar refractivity (Wildman–Crippen MR) is 77.8 cm³/mol. The molecule has 1 fully saturated rings. The van der Waals surface area contributed by atoms with E-state index in [9.17, 15) is 10.1 Å². The van der Waals surface area contributed by atoms with Crippen molar-refractivity contribution in [1.82, 2.24) is 0 Å². The van der Waals surface area contributed by atoms with Crippen molar-refractivity contribution in [2.24, 2.45) is 10.9 Å². The summed E-state index contributed by atoms with van der Waals surface area (Å²) in [5.74, 6) is -0.152. The van der Waals surface area contributed by atoms with Crippen LogP contribution in [0.4, 0.5) is 11.4 Å². The Labute approximate surface area is 121 Å². The van der Waals surface area contributed by atoms with Gasteiger partial charge in [-0.3, -0.25) is 10.1 Å². The van der Waals surface area contributed by atoms with Crippen molar-refractivity contribution in [1.29, 1.82) is 0 Å². The zero-order valence-corrected chi connectivity index (χ0v) is 11.9. The van der Waals surface area contributed by atoms with Gasteiger partial charge in [0.05, 0.1) is 22.7 Å². The summed E-state index contributed by atoms with van der Waals surface area (Å²) in [7, 11) is 0. The zero-order chi connectivity index (χ0) is 15.6. The number of non-ortho nitro benzene ring substituents is 1. The van der Waals surface area contributed by atoms with Gasteiger partial charge >= 0.3 is 0 Å². The Balaban J connectivity index is 2.44. The molecule has 2 rings (SSSR count). The molecule has 1 aliphatic heterocycles. The van der Waals surface area contributed by atoms with Crippen LogP contribution in [0.1, 0.15) is 19.4 Å². The highest BCUT2D eigenvalue weighted by Crippen LogP contribution is 2.28. The summed E-state index contributed by atoms with van der Waals surface area (Å²) in [4.78, 5) is 12.4. The molecule has 1 saturated heterocycles. The second-order valence-corrected chi connectivity index (χ2v) is 5.11. The van der Waals surface area contributed by atoms with E-state index in [1.807, 2.05) is 18.7 Å². The summed E-state index contributed by atoms with van der Waals surface area (Å²) in [5, 5.41) is 22.7. The second-order valence-electron chi connectivity index (χ2n) is 5.11. The third-order valence-corrected chi connectivity index (χ3v) is 3.33. The summed E-state index contributed by atoms with van der Waals surface area (Å²) in [6.45, 7) is 5.18. The van der Waals surface area contributed by atoms with Crippen LogP contribution in [0.3, 0.4) is 0 Å². The molecular weight excluding hydrogens is 276 g/mol. The number of hydrogen-bond donors (Lipinski definition) is 2. The molecule has 1 heterocycles. The number of nitro groups is 1. The van der Waals surface area contributed by atoms with E-state index in [0.29, 0.717) is 24.3 Å². The van der Waals surface area contributed by atoms with Gasteiger partial charge < -0.3 is 20.6 Å². The maximum Gasteiger partial charge on any atom is 0.270 e. The van der Waals surface area contributed by atoms with Crippen LogP contribution in [-0.4, -0.2) is 41.3 Å². The molecule has 114 valence electrons. The number of benzene rings is 1. The Morgan fingerprint density at radius 1 is 1.48 bits per heavy atom. The van der Waals surface area contributed by atoms with E-state index in [1.54, 1.807) is 6.07 Å². The predicted octanol–water partition coefficient (Wildman–Crippen LogP) is 1.30. The molecule has 0 bridgehead atoms. The van der Waals surface area contributed by atoms with Gasteiger partial charge in [0.2, 0.25) is 0 Å². The number of nitrogens with zero attached hydrogens (tertiary/aromatic N) is 3. The molecule has 0 aliphatic carbocycles. The number of morpholine rings is 1. The minimum atomic E-state index is -0.511. The summed E-state index contributed by atoms with van der Waals surface area (Å²) in [6, 6.07) is 4.35. The van der Waals surface area contributed by atoms with Crippen molar-refractivity contribution in [2.75, 3.05) is 18.0 Å². The Hall–Kier alpha value is -2.35. The Bertz CT molecular complexity index is 565. The maximum absolute atomic E-state index is 10.9. The number of nitrogens with two attached hydrogens (primary N) is 1. The number of oxime groups is 1. The lowest BCUT2D eigenvalue weighted by molar-refractivity contribution is -0.384. The van der Waals surface area contributed by atoms with Gasteiger partial charge in [0.1, 0.15) is 0 Å².